The summed E-state index contributed by atoms with van der Waals surface area (Å²) < 4.78 is 5.48. The van der Waals surface area contributed by atoms with E-state index in [1.54, 1.807) is 12.1 Å². The van der Waals surface area contributed by atoms with E-state index in [9.17, 15) is 4.79 Å². The Kier molecular flexibility index (Phi) is 3.17. The molecule has 0 unspecified atom stereocenters. The number of carbonyl (C=O) groups excluding carboxylic acids is 1. The summed E-state index contributed by atoms with van der Waals surface area (Å²) in [4.78, 5) is 13.5. The molecule has 1 fully saturated rings. The zero-order chi connectivity index (χ0) is 13.3. The first kappa shape index (κ1) is 12.7. The van der Waals surface area contributed by atoms with E-state index >= 15 is 0 Å². The number of ether oxygens (including phenoxy) is 1. The Bertz CT molecular complexity index is 471. The molecule has 0 spiro atoms. The van der Waals surface area contributed by atoms with Crippen molar-refractivity contribution in [3.63, 3.8) is 0 Å². The minimum absolute atomic E-state index is 0.150. The van der Waals surface area contributed by atoms with E-state index in [0.717, 1.165) is 12.2 Å². The molecule has 4 N–H and O–H groups in total. The van der Waals surface area contributed by atoms with E-state index in [0.29, 0.717) is 24.5 Å². The summed E-state index contributed by atoms with van der Waals surface area (Å²) in [6.07, 6.45) is 0. The predicted molar refractivity (Wildman–Crippen MR) is 71.6 cm³/mol. The largest absolute Gasteiger partial charge is 0.396 e. The van der Waals surface area contributed by atoms with Crippen LogP contribution < -0.4 is 16.4 Å². The van der Waals surface area contributed by atoms with Gasteiger partial charge in [0.05, 0.1) is 35.7 Å². The molecule has 98 valence electrons. The molecular weight excluding hydrogens is 230 g/mol. The zero-order valence-electron chi connectivity index (χ0n) is 10.8. The first-order valence-electron chi connectivity index (χ1n) is 5.97. The minimum Gasteiger partial charge on any atom is -0.396 e. The van der Waals surface area contributed by atoms with E-state index in [1.807, 2.05) is 6.07 Å². The molecule has 1 aromatic carbocycles. The third-order valence-electron chi connectivity index (χ3n) is 3.28. The van der Waals surface area contributed by atoms with Gasteiger partial charge >= 0.3 is 0 Å². The average molecular weight is 249 g/mol. The average Bonchev–Trinajstić information content (AvgIpc) is 2.29. The lowest BCUT2D eigenvalue weighted by atomic mass is 9.99. The highest BCUT2D eigenvalue weighted by Crippen LogP contribution is 2.33. The molecule has 1 heterocycles. The van der Waals surface area contributed by atoms with Crippen LogP contribution in [0.1, 0.15) is 24.2 Å². The van der Waals surface area contributed by atoms with Gasteiger partial charge in [-0.05, 0) is 26.0 Å². The smallest absolute Gasteiger partial charge is 0.250 e. The van der Waals surface area contributed by atoms with E-state index < -0.39 is 5.91 Å². The van der Waals surface area contributed by atoms with Gasteiger partial charge < -0.3 is 21.1 Å². The van der Waals surface area contributed by atoms with Crippen molar-refractivity contribution in [2.75, 3.05) is 30.4 Å². The second-order valence-corrected chi connectivity index (χ2v) is 5.12. The lowest BCUT2D eigenvalue weighted by Gasteiger charge is -2.44. The molecule has 5 nitrogen and oxygen atoms in total. The number of hydrogen-bond acceptors (Lipinski definition) is 4. The lowest BCUT2D eigenvalue weighted by molar-refractivity contribution is 0.0645. The summed E-state index contributed by atoms with van der Waals surface area (Å²) >= 11 is 0. The number of morpholine rings is 1. The second kappa shape index (κ2) is 4.49. The summed E-state index contributed by atoms with van der Waals surface area (Å²) in [5, 5.41) is 0. The van der Waals surface area contributed by atoms with Crippen LogP contribution in [0.4, 0.5) is 11.4 Å². The molecule has 0 atom stereocenters. The maximum absolute atomic E-state index is 11.3. The Balaban J connectivity index is 2.44. The summed E-state index contributed by atoms with van der Waals surface area (Å²) in [6.45, 7) is 6.21. The molecule has 2 rings (SSSR count). The number of para-hydroxylation sites is 1. The molecule has 0 aromatic heterocycles. The van der Waals surface area contributed by atoms with Crippen LogP contribution in [0, 0.1) is 0 Å². The number of carbonyl (C=O) groups is 1. The van der Waals surface area contributed by atoms with E-state index in [-0.39, 0.29) is 5.54 Å². The van der Waals surface area contributed by atoms with Crippen molar-refractivity contribution < 1.29 is 9.53 Å². The van der Waals surface area contributed by atoms with Crippen molar-refractivity contribution in [3.8, 4) is 0 Å². The van der Waals surface area contributed by atoms with Gasteiger partial charge in [0.25, 0.3) is 5.91 Å². The number of benzene rings is 1. The van der Waals surface area contributed by atoms with Crippen LogP contribution in [0.15, 0.2) is 18.2 Å². The summed E-state index contributed by atoms with van der Waals surface area (Å²) in [5.41, 5.74) is 12.9. The fraction of sp³-hybridized carbons (Fsp3) is 0.462. The lowest BCUT2D eigenvalue weighted by Crippen LogP contribution is -2.53. The fourth-order valence-electron chi connectivity index (χ4n) is 2.31. The van der Waals surface area contributed by atoms with Crippen LogP contribution in [0.25, 0.3) is 0 Å². The Labute approximate surface area is 107 Å². The van der Waals surface area contributed by atoms with Crippen molar-refractivity contribution in [2.24, 2.45) is 5.73 Å². The van der Waals surface area contributed by atoms with Gasteiger partial charge in [-0.1, -0.05) is 6.07 Å². The predicted octanol–water partition coefficient (Wildman–Crippen LogP) is 0.983. The Morgan fingerprint density at radius 2 is 2.17 bits per heavy atom. The van der Waals surface area contributed by atoms with Gasteiger partial charge in [-0.25, -0.2) is 0 Å². The Hall–Kier alpha value is -1.75. The Morgan fingerprint density at radius 3 is 2.78 bits per heavy atom. The number of amides is 1. The van der Waals surface area contributed by atoms with Gasteiger partial charge in [-0.2, -0.15) is 0 Å². The van der Waals surface area contributed by atoms with Crippen LogP contribution in [-0.4, -0.2) is 31.2 Å². The topological polar surface area (TPSA) is 81.6 Å². The molecule has 0 radical (unpaired) electrons. The molecule has 5 heteroatoms. The fourth-order valence-corrected chi connectivity index (χ4v) is 2.31. The van der Waals surface area contributed by atoms with Gasteiger partial charge in [0.2, 0.25) is 0 Å². The van der Waals surface area contributed by atoms with Crippen molar-refractivity contribution in [1.29, 1.82) is 0 Å². The number of hydrogen-bond donors (Lipinski definition) is 2. The molecule has 18 heavy (non-hydrogen) atoms. The van der Waals surface area contributed by atoms with Gasteiger partial charge in [-0.15, -0.1) is 0 Å². The highest BCUT2D eigenvalue weighted by atomic mass is 16.5. The molecular formula is C13H19N3O2. The van der Waals surface area contributed by atoms with Crippen molar-refractivity contribution in [1.82, 2.24) is 0 Å². The Morgan fingerprint density at radius 1 is 1.44 bits per heavy atom. The van der Waals surface area contributed by atoms with Gasteiger partial charge in [0.15, 0.2) is 0 Å². The van der Waals surface area contributed by atoms with Gasteiger partial charge in [-0.3, -0.25) is 4.79 Å². The molecule has 1 amide bonds. The number of nitrogens with zero attached hydrogens (tertiary/aromatic N) is 1. The van der Waals surface area contributed by atoms with Crippen LogP contribution in [0.2, 0.25) is 0 Å². The van der Waals surface area contributed by atoms with E-state index in [4.69, 9.17) is 16.2 Å². The molecule has 1 aromatic rings. The van der Waals surface area contributed by atoms with Crippen LogP contribution in [0.5, 0.6) is 0 Å². The van der Waals surface area contributed by atoms with Crippen molar-refractivity contribution in [3.05, 3.63) is 23.8 Å². The third kappa shape index (κ3) is 2.13. The molecule has 1 saturated heterocycles. The standard InChI is InChI=1S/C13H19N3O2/c1-13(2)8-18-7-6-16(13)10-5-3-4-9(11(10)14)12(15)17/h3-5H,6-8,14H2,1-2H3,(H2,15,17). The summed E-state index contributed by atoms with van der Waals surface area (Å²) in [5.74, 6) is -0.500. The summed E-state index contributed by atoms with van der Waals surface area (Å²) in [6, 6.07) is 5.36. The highest BCUT2D eigenvalue weighted by Gasteiger charge is 2.32. The normalized spacial score (nSPS) is 18.7. The third-order valence-corrected chi connectivity index (χ3v) is 3.28. The second-order valence-electron chi connectivity index (χ2n) is 5.12. The number of anilines is 2. The number of rotatable bonds is 2. The molecule has 1 aliphatic rings. The van der Waals surface area contributed by atoms with Crippen molar-refractivity contribution >= 4 is 17.3 Å². The van der Waals surface area contributed by atoms with Crippen LogP contribution in [0.3, 0.4) is 0 Å². The molecule has 1 aliphatic heterocycles. The van der Waals surface area contributed by atoms with Gasteiger partial charge in [0, 0.05) is 6.54 Å². The molecule has 0 bridgehead atoms. The molecule has 0 saturated carbocycles. The summed E-state index contributed by atoms with van der Waals surface area (Å²) in [7, 11) is 0. The molecule has 0 aliphatic carbocycles. The maximum Gasteiger partial charge on any atom is 0.250 e. The SMILES string of the molecule is CC1(C)COCCN1c1cccc(C(N)=O)c1N. The number of primary amides is 1. The quantitative estimate of drug-likeness (QED) is 0.766. The monoisotopic (exact) mass is 249 g/mol. The highest BCUT2D eigenvalue weighted by molar-refractivity contribution is 6.01. The zero-order valence-corrected chi connectivity index (χ0v) is 10.8. The van der Waals surface area contributed by atoms with Crippen LogP contribution >= 0.6 is 0 Å². The van der Waals surface area contributed by atoms with Crippen molar-refractivity contribution in [2.45, 2.75) is 19.4 Å². The minimum atomic E-state index is -0.500. The number of nitrogen functional groups attached to an aromatic ring is 1. The first-order chi connectivity index (χ1) is 8.43. The van der Waals surface area contributed by atoms with Gasteiger partial charge in [0.1, 0.15) is 0 Å². The first-order valence-corrected chi connectivity index (χ1v) is 5.97. The number of nitrogens with two attached hydrogens (primary N) is 2. The van der Waals surface area contributed by atoms with Crippen LogP contribution in [-0.2, 0) is 4.74 Å². The van der Waals surface area contributed by atoms with E-state index in [2.05, 4.69) is 18.7 Å². The van der Waals surface area contributed by atoms with E-state index in [1.165, 1.54) is 0 Å². The maximum atomic E-state index is 11.3.